The Labute approximate surface area is 111 Å². The number of ether oxygens (including phenoxy) is 1. The van der Waals surface area contributed by atoms with Gasteiger partial charge in [-0.3, -0.25) is 0 Å². The lowest BCUT2D eigenvalue weighted by Crippen LogP contribution is -2.17. The van der Waals surface area contributed by atoms with Gasteiger partial charge in [-0.1, -0.05) is 36.7 Å². The molecule has 0 saturated heterocycles. The molecule has 1 aromatic rings. The molecule has 0 aliphatic carbocycles. The van der Waals surface area contributed by atoms with E-state index in [1.165, 1.54) is 0 Å². The minimum absolute atomic E-state index is 0.0573. The van der Waals surface area contributed by atoms with Gasteiger partial charge in [-0.2, -0.15) is 0 Å². The lowest BCUT2D eigenvalue weighted by atomic mass is 9.84. The molecule has 3 N–H and O–H groups in total. The SMILES string of the molecule is COc1c(C(O)CN)cc(Br)cc1C(C)(C)C. The van der Waals surface area contributed by atoms with Gasteiger partial charge in [-0.15, -0.1) is 0 Å². The third-order valence-corrected chi connectivity index (χ3v) is 3.13. The Morgan fingerprint density at radius 1 is 1.41 bits per heavy atom. The lowest BCUT2D eigenvalue weighted by Gasteiger charge is -2.25. The molecule has 1 rings (SSSR count). The number of hydrogen-bond acceptors (Lipinski definition) is 3. The molecule has 0 aromatic heterocycles. The number of aliphatic hydroxyl groups is 1. The molecule has 1 aromatic carbocycles. The van der Waals surface area contributed by atoms with Gasteiger partial charge < -0.3 is 15.6 Å². The van der Waals surface area contributed by atoms with Crippen LogP contribution in [0.3, 0.4) is 0 Å². The Bertz CT molecular complexity index is 399. The second kappa shape index (κ2) is 5.38. The first-order valence-corrected chi connectivity index (χ1v) is 6.36. The minimum Gasteiger partial charge on any atom is -0.496 e. The quantitative estimate of drug-likeness (QED) is 0.902. The van der Waals surface area contributed by atoms with Crippen molar-refractivity contribution in [1.29, 1.82) is 0 Å². The van der Waals surface area contributed by atoms with Crippen LogP contribution in [0.2, 0.25) is 0 Å². The van der Waals surface area contributed by atoms with Crippen LogP contribution in [-0.2, 0) is 5.41 Å². The van der Waals surface area contributed by atoms with Crippen LogP contribution >= 0.6 is 15.9 Å². The molecule has 0 aliphatic heterocycles. The van der Waals surface area contributed by atoms with Gasteiger partial charge in [0, 0.05) is 22.1 Å². The number of nitrogens with two attached hydrogens (primary N) is 1. The molecular weight excluding hydrogens is 282 g/mol. The number of halogens is 1. The van der Waals surface area contributed by atoms with E-state index in [0.717, 1.165) is 21.3 Å². The molecule has 0 radical (unpaired) electrons. The zero-order valence-corrected chi connectivity index (χ0v) is 12.3. The normalized spacial score (nSPS) is 13.6. The van der Waals surface area contributed by atoms with E-state index in [2.05, 4.69) is 36.7 Å². The highest BCUT2D eigenvalue weighted by Gasteiger charge is 2.24. The highest BCUT2D eigenvalue weighted by atomic mass is 79.9. The van der Waals surface area contributed by atoms with Crippen LogP contribution in [0.15, 0.2) is 16.6 Å². The zero-order valence-electron chi connectivity index (χ0n) is 10.7. The molecule has 0 bridgehead atoms. The molecule has 0 spiro atoms. The van der Waals surface area contributed by atoms with Gasteiger partial charge in [0.25, 0.3) is 0 Å². The maximum absolute atomic E-state index is 9.93. The average Bonchev–Trinajstić information content (AvgIpc) is 2.25. The Morgan fingerprint density at radius 2 is 2.00 bits per heavy atom. The fourth-order valence-corrected chi connectivity index (χ4v) is 2.25. The van der Waals surface area contributed by atoms with Gasteiger partial charge in [-0.05, 0) is 17.5 Å². The van der Waals surface area contributed by atoms with Gasteiger partial charge in [0.05, 0.1) is 13.2 Å². The average molecular weight is 302 g/mol. The predicted octanol–water partition coefficient (Wildman–Crippen LogP) is 2.75. The maximum atomic E-state index is 9.93. The predicted molar refractivity (Wildman–Crippen MR) is 73.4 cm³/mol. The van der Waals surface area contributed by atoms with Crippen LogP contribution < -0.4 is 10.5 Å². The molecule has 0 fully saturated rings. The van der Waals surface area contributed by atoms with Crippen LogP contribution in [0, 0.1) is 0 Å². The summed E-state index contributed by atoms with van der Waals surface area (Å²) in [6.45, 7) is 6.50. The summed E-state index contributed by atoms with van der Waals surface area (Å²) in [5.41, 5.74) is 7.24. The first-order valence-electron chi connectivity index (χ1n) is 5.57. The van der Waals surface area contributed by atoms with Crippen molar-refractivity contribution in [2.24, 2.45) is 5.73 Å². The fraction of sp³-hybridized carbons (Fsp3) is 0.538. The van der Waals surface area contributed by atoms with Gasteiger partial charge in [-0.25, -0.2) is 0 Å². The number of benzene rings is 1. The van der Waals surface area contributed by atoms with Crippen LogP contribution in [0.4, 0.5) is 0 Å². The Kier molecular flexibility index (Phi) is 4.58. The van der Waals surface area contributed by atoms with Crippen LogP contribution in [0.1, 0.15) is 38.0 Å². The molecule has 17 heavy (non-hydrogen) atoms. The minimum atomic E-state index is -0.705. The molecule has 96 valence electrons. The van der Waals surface area contributed by atoms with E-state index in [0.29, 0.717) is 0 Å². The first-order chi connectivity index (χ1) is 7.81. The van der Waals surface area contributed by atoms with Crippen molar-refractivity contribution in [3.63, 3.8) is 0 Å². The third-order valence-electron chi connectivity index (χ3n) is 2.68. The van der Waals surface area contributed by atoms with E-state index in [1.807, 2.05) is 12.1 Å². The molecule has 0 heterocycles. The third kappa shape index (κ3) is 3.21. The van der Waals surface area contributed by atoms with Crippen molar-refractivity contribution in [2.45, 2.75) is 32.3 Å². The Balaban J connectivity index is 3.46. The zero-order chi connectivity index (χ0) is 13.2. The summed E-state index contributed by atoms with van der Waals surface area (Å²) in [5, 5.41) is 9.93. The molecule has 1 atom stereocenters. The summed E-state index contributed by atoms with van der Waals surface area (Å²) in [7, 11) is 1.62. The topological polar surface area (TPSA) is 55.5 Å². The molecular formula is C13H20BrNO2. The summed E-state index contributed by atoms with van der Waals surface area (Å²) in [6.07, 6.45) is -0.705. The van der Waals surface area contributed by atoms with E-state index in [9.17, 15) is 5.11 Å². The van der Waals surface area contributed by atoms with Crippen LogP contribution in [0.5, 0.6) is 5.75 Å². The van der Waals surface area contributed by atoms with E-state index in [1.54, 1.807) is 7.11 Å². The van der Waals surface area contributed by atoms with Crippen molar-refractivity contribution >= 4 is 15.9 Å². The Morgan fingerprint density at radius 3 is 2.41 bits per heavy atom. The first kappa shape index (κ1) is 14.5. The number of methoxy groups -OCH3 is 1. The fourth-order valence-electron chi connectivity index (χ4n) is 1.77. The summed E-state index contributed by atoms with van der Waals surface area (Å²) in [4.78, 5) is 0. The van der Waals surface area contributed by atoms with Crippen molar-refractivity contribution in [1.82, 2.24) is 0 Å². The molecule has 1 unspecified atom stereocenters. The lowest BCUT2D eigenvalue weighted by molar-refractivity contribution is 0.181. The van der Waals surface area contributed by atoms with Crippen LogP contribution in [0.25, 0.3) is 0 Å². The summed E-state index contributed by atoms with van der Waals surface area (Å²) in [5.74, 6) is 0.721. The second-order valence-electron chi connectivity index (χ2n) is 5.08. The van der Waals surface area contributed by atoms with Gasteiger partial charge in [0.1, 0.15) is 5.75 Å². The van der Waals surface area contributed by atoms with Crippen molar-refractivity contribution in [3.05, 3.63) is 27.7 Å². The van der Waals surface area contributed by atoms with Gasteiger partial charge in [0.15, 0.2) is 0 Å². The van der Waals surface area contributed by atoms with E-state index >= 15 is 0 Å². The highest BCUT2D eigenvalue weighted by Crippen LogP contribution is 2.38. The molecule has 0 saturated carbocycles. The summed E-state index contributed by atoms with van der Waals surface area (Å²) >= 11 is 3.46. The van der Waals surface area contributed by atoms with Crippen molar-refractivity contribution < 1.29 is 9.84 Å². The molecule has 0 amide bonds. The number of rotatable bonds is 3. The largest absolute Gasteiger partial charge is 0.496 e. The highest BCUT2D eigenvalue weighted by molar-refractivity contribution is 9.10. The number of hydrogen-bond donors (Lipinski definition) is 2. The molecule has 4 heteroatoms. The van der Waals surface area contributed by atoms with E-state index in [4.69, 9.17) is 10.5 Å². The number of aliphatic hydroxyl groups excluding tert-OH is 1. The van der Waals surface area contributed by atoms with Gasteiger partial charge in [0.2, 0.25) is 0 Å². The Hall–Kier alpha value is -0.580. The molecule has 3 nitrogen and oxygen atoms in total. The maximum Gasteiger partial charge on any atom is 0.128 e. The van der Waals surface area contributed by atoms with Crippen molar-refractivity contribution in [3.8, 4) is 5.75 Å². The molecule has 0 aliphatic rings. The summed E-state index contributed by atoms with van der Waals surface area (Å²) in [6, 6.07) is 3.87. The smallest absolute Gasteiger partial charge is 0.128 e. The van der Waals surface area contributed by atoms with E-state index in [-0.39, 0.29) is 12.0 Å². The van der Waals surface area contributed by atoms with E-state index < -0.39 is 6.10 Å². The standard InChI is InChI=1S/C13H20BrNO2/c1-13(2,3)10-6-8(14)5-9(11(16)7-15)12(10)17-4/h5-6,11,16H,7,15H2,1-4H3. The summed E-state index contributed by atoms with van der Waals surface area (Å²) < 4.78 is 6.37. The van der Waals surface area contributed by atoms with Crippen molar-refractivity contribution in [2.75, 3.05) is 13.7 Å². The van der Waals surface area contributed by atoms with Crippen LogP contribution in [-0.4, -0.2) is 18.8 Å². The second-order valence-corrected chi connectivity index (χ2v) is 5.99. The van der Waals surface area contributed by atoms with Gasteiger partial charge >= 0.3 is 0 Å². The monoisotopic (exact) mass is 301 g/mol.